The summed E-state index contributed by atoms with van der Waals surface area (Å²) in [5.41, 5.74) is 0.962. The maximum absolute atomic E-state index is 10.8. The number of ether oxygens (including phenoxy) is 2. The molecule has 0 saturated heterocycles. The summed E-state index contributed by atoms with van der Waals surface area (Å²) >= 11 is 9.22. The van der Waals surface area contributed by atoms with E-state index in [2.05, 4.69) is 20.7 Å². The lowest BCUT2D eigenvalue weighted by Gasteiger charge is -2.08. The molecule has 1 rings (SSSR count). The number of methoxy groups -OCH3 is 1. The molecule has 0 bridgehead atoms. The topological polar surface area (TPSA) is 35.5 Å². The summed E-state index contributed by atoms with van der Waals surface area (Å²) in [6.45, 7) is 0.302. The zero-order chi connectivity index (χ0) is 12.7. The predicted molar refractivity (Wildman–Crippen MR) is 70.7 cm³/mol. The van der Waals surface area contributed by atoms with Gasteiger partial charge in [-0.15, -0.1) is 0 Å². The van der Waals surface area contributed by atoms with Crippen molar-refractivity contribution in [1.29, 1.82) is 0 Å². The van der Waals surface area contributed by atoms with E-state index >= 15 is 0 Å². The zero-order valence-corrected chi connectivity index (χ0v) is 11.6. The molecule has 1 aromatic carbocycles. The van der Waals surface area contributed by atoms with Crippen molar-refractivity contribution in [3.8, 4) is 5.75 Å². The monoisotopic (exact) mass is 318 g/mol. The second kappa shape index (κ2) is 7.35. The van der Waals surface area contributed by atoms with Crippen LogP contribution in [-0.2, 0) is 14.9 Å². The highest BCUT2D eigenvalue weighted by Gasteiger charge is 2.02. The predicted octanol–water partition coefficient (Wildman–Crippen LogP) is 3.34. The van der Waals surface area contributed by atoms with E-state index in [1.807, 2.05) is 6.07 Å². The number of rotatable bonds is 5. The third-order valence-corrected chi connectivity index (χ3v) is 2.80. The maximum atomic E-state index is 10.8. The smallest absolute Gasteiger partial charge is 0.330 e. The largest absolute Gasteiger partial charge is 0.489 e. The summed E-state index contributed by atoms with van der Waals surface area (Å²) in [7, 11) is 1.33. The minimum Gasteiger partial charge on any atom is -0.489 e. The van der Waals surface area contributed by atoms with Gasteiger partial charge >= 0.3 is 5.97 Å². The van der Waals surface area contributed by atoms with Crippen LogP contribution in [0.15, 0.2) is 30.4 Å². The Labute approximate surface area is 113 Å². The van der Waals surface area contributed by atoms with Crippen molar-refractivity contribution in [1.82, 2.24) is 0 Å². The quantitative estimate of drug-likeness (QED) is 0.474. The Bertz CT molecular complexity index is 418. The number of esters is 1. The van der Waals surface area contributed by atoms with Gasteiger partial charge in [0.1, 0.15) is 12.4 Å². The molecule has 0 aliphatic carbocycles. The first-order valence-electron chi connectivity index (χ1n) is 4.89. The Hall–Kier alpha value is -1.000. The molecule has 0 N–H and O–H groups in total. The highest BCUT2D eigenvalue weighted by atomic mass is 79.9. The lowest BCUT2D eigenvalue weighted by atomic mass is 10.2. The first-order valence-corrected chi connectivity index (χ1v) is 6.39. The van der Waals surface area contributed by atoms with Crippen LogP contribution in [0.4, 0.5) is 0 Å². The van der Waals surface area contributed by atoms with E-state index in [1.165, 1.54) is 13.2 Å². The van der Waals surface area contributed by atoms with Crippen LogP contribution in [-0.4, -0.2) is 19.7 Å². The van der Waals surface area contributed by atoms with E-state index in [-0.39, 0.29) is 0 Å². The van der Waals surface area contributed by atoms with E-state index < -0.39 is 5.97 Å². The van der Waals surface area contributed by atoms with Crippen LogP contribution in [0.5, 0.6) is 5.75 Å². The molecule has 1 aromatic rings. The maximum Gasteiger partial charge on any atom is 0.330 e. The van der Waals surface area contributed by atoms with Crippen molar-refractivity contribution in [2.75, 3.05) is 13.7 Å². The van der Waals surface area contributed by atoms with Gasteiger partial charge in [0.05, 0.1) is 7.11 Å². The molecule has 0 atom stereocenters. The third-order valence-electron chi connectivity index (χ3n) is 1.96. The van der Waals surface area contributed by atoms with E-state index in [0.717, 1.165) is 11.3 Å². The summed E-state index contributed by atoms with van der Waals surface area (Å²) in [5.74, 6) is 0.339. The van der Waals surface area contributed by atoms with Crippen LogP contribution >= 0.6 is 27.5 Å². The third kappa shape index (κ3) is 4.79. The fraction of sp³-hybridized carbons (Fsp3) is 0.250. The van der Waals surface area contributed by atoms with Crippen LogP contribution in [0.1, 0.15) is 5.56 Å². The SMILES string of the molecule is COC(=O)/C=C/COc1ccc(Cl)cc1CBr. The Morgan fingerprint density at radius 2 is 2.29 bits per heavy atom. The summed E-state index contributed by atoms with van der Waals surface area (Å²) in [5, 5.41) is 1.32. The summed E-state index contributed by atoms with van der Waals surface area (Å²) in [6, 6.07) is 5.38. The number of carbonyl (C=O) groups excluding carboxylic acids is 1. The van der Waals surface area contributed by atoms with Crippen LogP contribution in [0.2, 0.25) is 5.02 Å². The Morgan fingerprint density at radius 1 is 1.53 bits per heavy atom. The molecule has 0 spiro atoms. The van der Waals surface area contributed by atoms with Crippen molar-refractivity contribution in [2.45, 2.75) is 5.33 Å². The normalized spacial score (nSPS) is 10.5. The average Bonchev–Trinajstić information content (AvgIpc) is 2.35. The number of benzene rings is 1. The molecule has 0 aliphatic rings. The number of halogens is 2. The summed E-state index contributed by atoms with van der Waals surface area (Å²) in [4.78, 5) is 10.8. The average molecular weight is 320 g/mol. The van der Waals surface area contributed by atoms with Crippen LogP contribution < -0.4 is 4.74 Å². The standard InChI is InChI=1S/C12H12BrClO3/c1-16-12(15)3-2-6-17-11-5-4-10(14)7-9(11)8-13/h2-5,7H,6,8H2,1H3/b3-2+. The molecule has 3 nitrogen and oxygen atoms in total. The number of alkyl halides is 1. The summed E-state index contributed by atoms with van der Waals surface area (Å²) in [6.07, 6.45) is 2.92. The van der Waals surface area contributed by atoms with Gasteiger partial charge in [-0.25, -0.2) is 4.79 Å². The number of hydrogen-bond donors (Lipinski definition) is 0. The van der Waals surface area contributed by atoms with Crippen LogP contribution in [0, 0.1) is 0 Å². The Kier molecular flexibility index (Phi) is 6.08. The first-order chi connectivity index (χ1) is 8.17. The molecule has 0 saturated carbocycles. The van der Waals surface area contributed by atoms with Gasteiger partial charge in [-0.05, 0) is 24.3 Å². The molecule has 0 fully saturated rings. The molecule has 0 heterocycles. The van der Waals surface area contributed by atoms with E-state index in [9.17, 15) is 4.79 Å². The van der Waals surface area contributed by atoms with Gasteiger partial charge in [0.15, 0.2) is 0 Å². The molecule has 0 amide bonds. The minimum absolute atomic E-state index is 0.302. The lowest BCUT2D eigenvalue weighted by Crippen LogP contribution is -1.99. The molecule has 17 heavy (non-hydrogen) atoms. The van der Waals surface area contributed by atoms with Gasteiger partial charge in [0.2, 0.25) is 0 Å². The van der Waals surface area contributed by atoms with Crippen molar-refractivity contribution in [3.05, 3.63) is 40.9 Å². The molecule has 0 aromatic heterocycles. The molecule has 0 unspecified atom stereocenters. The van der Waals surface area contributed by atoms with Crippen molar-refractivity contribution in [2.24, 2.45) is 0 Å². The highest BCUT2D eigenvalue weighted by Crippen LogP contribution is 2.24. The molecule has 92 valence electrons. The van der Waals surface area contributed by atoms with Crippen LogP contribution in [0.25, 0.3) is 0 Å². The molecule has 5 heteroatoms. The van der Waals surface area contributed by atoms with Gasteiger partial charge in [-0.1, -0.05) is 27.5 Å². The molecule has 0 aliphatic heterocycles. The summed E-state index contributed by atoms with van der Waals surface area (Å²) < 4.78 is 9.95. The van der Waals surface area contributed by atoms with E-state index in [0.29, 0.717) is 17.0 Å². The first kappa shape index (κ1) is 14.1. The van der Waals surface area contributed by atoms with Gasteiger partial charge in [0.25, 0.3) is 0 Å². The van der Waals surface area contributed by atoms with Gasteiger partial charge in [-0.2, -0.15) is 0 Å². The van der Waals surface area contributed by atoms with Gasteiger partial charge in [-0.3, -0.25) is 0 Å². The minimum atomic E-state index is -0.398. The van der Waals surface area contributed by atoms with Crippen LogP contribution in [0.3, 0.4) is 0 Å². The number of hydrogen-bond acceptors (Lipinski definition) is 3. The fourth-order valence-corrected chi connectivity index (χ4v) is 1.78. The van der Waals surface area contributed by atoms with E-state index in [4.69, 9.17) is 16.3 Å². The lowest BCUT2D eigenvalue weighted by molar-refractivity contribution is -0.134. The van der Waals surface area contributed by atoms with Crippen molar-refractivity contribution in [3.63, 3.8) is 0 Å². The van der Waals surface area contributed by atoms with E-state index in [1.54, 1.807) is 18.2 Å². The highest BCUT2D eigenvalue weighted by molar-refractivity contribution is 9.08. The molecular weight excluding hydrogens is 307 g/mol. The Balaban J connectivity index is 2.57. The van der Waals surface area contributed by atoms with Gasteiger partial charge in [0, 0.05) is 22.0 Å². The number of carbonyl (C=O) groups is 1. The zero-order valence-electron chi connectivity index (χ0n) is 9.28. The van der Waals surface area contributed by atoms with Crippen molar-refractivity contribution < 1.29 is 14.3 Å². The Morgan fingerprint density at radius 3 is 2.94 bits per heavy atom. The molecular formula is C12H12BrClO3. The fourth-order valence-electron chi connectivity index (χ4n) is 1.14. The second-order valence-corrected chi connectivity index (χ2v) is 4.12. The van der Waals surface area contributed by atoms with Gasteiger partial charge < -0.3 is 9.47 Å². The second-order valence-electron chi connectivity index (χ2n) is 3.12. The molecule has 0 radical (unpaired) electrons. The van der Waals surface area contributed by atoms with Crippen molar-refractivity contribution >= 4 is 33.5 Å².